The smallest absolute Gasteiger partial charge is 0.142 e. The maximum atomic E-state index is 5.65. The SMILES string of the molecule is COc1ccccc1C1Nc2c(OC)ccc(OC)c2C2C=CCC21. The number of allylic oxidation sites excluding steroid dienone is 2. The first-order chi connectivity index (χ1) is 12.3. The molecule has 1 heterocycles. The summed E-state index contributed by atoms with van der Waals surface area (Å²) in [5.74, 6) is 3.38. The van der Waals surface area contributed by atoms with Gasteiger partial charge < -0.3 is 19.5 Å². The molecule has 0 fully saturated rings. The molecule has 25 heavy (non-hydrogen) atoms. The summed E-state index contributed by atoms with van der Waals surface area (Å²) in [5.41, 5.74) is 3.39. The molecule has 1 N–H and O–H groups in total. The summed E-state index contributed by atoms with van der Waals surface area (Å²) in [6.07, 6.45) is 5.60. The summed E-state index contributed by atoms with van der Waals surface area (Å²) in [5, 5.41) is 3.73. The Morgan fingerprint density at radius 3 is 2.36 bits per heavy atom. The molecule has 130 valence electrons. The van der Waals surface area contributed by atoms with E-state index in [-0.39, 0.29) is 6.04 Å². The third kappa shape index (κ3) is 2.44. The van der Waals surface area contributed by atoms with Crippen LogP contribution in [0.4, 0.5) is 5.69 Å². The van der Waals surface area contributed by atoms with Crippen molar-refractivity contribution in [1.82, 2.24) is 0 Å². The number of hydrogen-bond donors (Lipinski definition) is 1. The monoisotopic (exact) mass is 337 g/mol. The van der Waals surface area contributed by atoms with Gasteiger partial charge in [0.15, 0.2) is 0 Å². The molecule has 1 aliphatic carbocycles. The maximum Gasteiger partial charge on any atom is 0.142 e. The van der Waals surface area contributed by atoms with Crippen LogP contribution in [-0.2, 0) is 0 Å². The lowest BCUT2D eigenvalue weighted by Gasteiger charge is -2.39. The molecule has 2 aromatic carbocycles. The minimum absolute atomic E-state index is 0.157. The van der Waals surface area contributed by atoms with Gasteiger partial charge in [0.1, 0.15) is 17.2 Å². The lowest BCUT2D eigenvalue weighted by Crippen LogP contribution is -2.30. The molecule has 0 spiro atoms. The minimum atomic E-state index is 0.157. The van der Waals surface area contributed by atoms with E-state index in [1.807, 2.05) is 24.3 Å². The number of rotatable bonds is 4. The Kier molecular flexibility index (Phi) is 4.04. The van der Waals surface area contributed by atoms with Crippen molar-refractivity contribution in [1.29, 1.82) is 0 Å². The number of para-hydroxylation sites is 1. The molecule has 2 aromatic rings. The number of benzene rings is 2. The van der Waals surface area contributed by atoms with E-state index in [0.717, 1.165) is 29.4 Å². The van der Waals surface area contributed by atoms with Gasteiger partial charge in [0.05, 0.1) is 33.1 Å². The number of methoxy groups -OCH3 is 3. The molecular formula is C21H23NO3. The summed E-state index contributed by atoms with van der Waals surface area (Å²) in [6, 6.07) is 12.3. The number of ether oxygens (including phenoxy) is 3. The fourth-order valence-corrected chi connectivity index (χ4v) is 4.23. The molecule has 1 aliphatic heterocycles. The van der Waals surface area contributed by atoms with Crippen molar-refractivity contribution in [3.8, 4) is 17.2 Å². The zero-order valence-electron chi connectivity index (χ0n) is 14.8. The van der Waals surface area contributed by atoms with Crippen LogP contribution in [0.2, 0.25) is 0 Å². The molecule has 3 atom stereocenters. The summed E-state index contributed by atoms with van der Waals surface area (Å²) in [7, 11) is 5.16. The molecule has 0 radical (unpaired) electrons. The Hall–Kier alpha value is -2.62. The second kappa shape index (κ2) is 6.36. The van der Waals surface area contributed by atoms with Gasteiger partial charge in [-0.2, -0.15) is 0 Å². The van der Waals surface area contributed by atoms with Crippen LogP contribution >= 0.6 is 0 Å². The third-order valence-electron chi connectivity index (χ3n) is 5.36. The highest BCUT2D eigenvalue weighted by molar-refractivity contribution is 5.72. The second-order valence-electron chi connectivity index (χ2n) is 6.48. The van der Waals surface area contributed by atoms with Gasteiger partial charge in [-0.1, -0.05) is 30.4 Å². The van der Waals surface area contributed by atoms with Crippen molar-refractivity contribution in [2.45, 2.75) is 18.4 Å². The van der Waals surface area contributed by atoms with Gasteiger partial charge in [-0.25, -0.2) is 0 Å². The fourth-order valence-electron chi connectivity index (χ4n) is 4.23. The van der Waals surface area contributed by atoms with E-state index in [9.17, 15) is 0 Å². The molecule has 0 saturated carbocycles. The summed E-state index contributed by atoms with van der Waals surface area (Å²) in [4.78, 5) is 0. The van der Waals surface area contributed by atoms with E-state index in [2.05, 4.69) is 29.6 Å². The molecule has 0 amide bonds. The summed E-state index contributed by atoms with van der Waals surface area (Å²) >= 11 is 0. The van der Waals surface area contributed by atoms with E-state index < -0.39 is 0 Å². The summed E-state index contributed by atoms with van der Waals surface area (Å²) < 4.78 is 16.9. The standard InChI is InChI=1S/C21H23NO3/c1-23-16-10-5-4-7-15(16)20-14-9-6-8-13(14)19-17(24-2)11-12-18(25-3)21(19)22-20/h4-8,10-14,20,22H,9H2,1-3H3. The Bertz CT molecular complexity index is 815. The van der Waals surface area contributed by atoms with Crippen LogP contribution in [0.25, 0.3) is 0 Å². The van der Waals surface area contributed by atoms with Crippen molar-refractivity contribution >= 4 is 5.69 Å². The number of hydrogen-bond acceptors (Lipinski definition) is 4. The molecule has 3 unspecified atom stereocenters. The normalized spacial score (nSPS) is 23.4. The van der Waals surface area contributed by atoms with Gasteiger partial charge in [-0.05, 0) is 30.5 Å². The molecule has 4 nitrogen and oxygen atoms in total. The highest BCUT2D eigenvalue weighted by Gasteiger charge is 2.41. The molecule has 4 heteroatoms. The van der Waals surface area contributed by atoms with Crippen molar-refractivity contribution in [3.63, 3.8) is 0 Å². The molecule has 4 rings (SSSR count). The van der Waals surface area contributed by atoms with Gasteiger partial charge in [0, 0.05) is 17.0 Å². The minimum Gasteiger partial charge on any atom is -0.496 e. The van der Waals surface area contributed by atoms with Crippen LogP contribution in [0.3, 0.4) is 0 Å². The highest BCUT2D eigenvalue weighted by Crippen LogP contribution is 2.55. The van der Waals surface area contributed by atoms with Gasteiger partial charge in [-0.3, -0.25) is 0 Å². The zero-order chi connectivity index (χ0) is 17.4. The van der Waals surface area contributed by atoms with Crippen LogP contribution in [0.15, 0.2) is 48.6 Å². The maximum absolute atomic E-state index is 5.65. The topological polar surface area (TPSA) is 39.7 Å². The predicted molar refractivity (Wildman–Crippen MR) is 98.9 cm³/mol. The van der Waals surface area contributed by atoms with Crippen molar-refractivity contribution in [2.75, 3.05) is 26.6 Å². The Balaban J connectivity index is 1.88. The van der Waals surface area contributed by atoms with Crippen molar-refractivity contribution < 1.29 is 14.2 Å². The average molecular weight is 337 g/mol. The predicted octanol–water partition coefficient (Wildman–Crippen LogP) is 4.54. The van der Waals surface area contributed by atoms with Crippen LogP contribution in [0, 0.1) is 5.92 Å². The second-order valence-corrected chi connectivity index (χ2v) is 6.48. The van der Waals surface area contributed by atoms with E-state index in [0.29, 0.717) is 11.8 Å². The molecule has 0 saturated heterocycles. The largest absolute Gasteiger partial charge is 0.496 e. The zero-order valence-corrected chi connectivity index (χ0v) is 14.8. The number of nitrogens with one attached hydrogen (secondary N) is 1. The Morgan fingerprint density at radius 2 is 1.60 bits per heavy atom. The van der Waals surface area contributed by atoms with Crippen molar-refractivity contribution in [3.05, 3.63) is 59.7 Å². The first kappa shape index (κ1) is 15.9. The van der Waals surface area contributed by atoms with Crippen LogP contribution in [-0.4, -0.2) is 21.3 Å². The van der Waals surface area contributed by atoms with Crippen molar-refractivity contribution in [2.24, 2.45) is 5.92 Å². The molecular weight excluding hydrogens is 314 g/mol. The third-order valence-corrected chi connectivity index (χ3v) is 5.36. The first-order valence-corrected chi connectivity index (χ1v) is 8.59. The highest BCUT2D eigenvalue weighted by atomic mass is 16.5. The number of fused-ring (bicyclic) bond motifs is 3. The lowest BCUT2D eigenvalue weighted by molar-refractivity contribution is 0.360. The van der Waals surface area contributed by atoms with E-state index in [1.54, 1.807) is 21.3 Å². The van der Waals surface area contributed by atoms with Crippen LogP contribution in [0.5, 0.6) is 17.2 Å². The molecule has 2 aliphatic rings. The molecule has 0 aromatic heterocycles. The Morgan fingerprint density at radius 1 is 0.880 bits per heavy atom. The van der Waals surface area contributed by atoms with Gasteiger partial charge in [0.2, 0.25) is 0 Å². The van der Waals surface area contributed by atoms with Gasteiger partial charge >= 0.3 is 0 Å². The van der Waals surface area contributed by atoms with Crippen LogP contribution < -0.4 is 19.5 Å². The molecule has 0 bridgehead atoms. The summed E-state index contributed by atoms with van der Waals surface area (Å²) in [6.45, 7) is 0. The van der Waals surface area contributed by atoms with Crippen LogP contribution in [0.1, 0.15) is 29.5 Å². The first-order valence-electron chi connectivity index (χ1n) is 8.59. The quantitative estimate of drug-likeness (QED) is 0.832. The van der Waals surface area contributed by atoms with Gasteiger partial charge in [-0.15, -0.1) is 0 Å². The fraction of sp³-hybridized carbons (Fsp3) is 0.333. The van der Waals surface area contributed by atoms with E-state index in [4.69, 9.17) is 14.2 Å². The Labute approximate surface area is 148 Å². The van der Waals surface area contributed by atoms with Gasteiger partial charge in [0.25, 0.3) is 0 Å². The number of anilines is 1. The lowest BCUT2D eigenvalue weighted by atomic mass is 9.76. The van der Waals surface area contributed by atoms with E-state index >= 15 is 0 Å². The van der Waals surface area contributed by atoms with E-state index in [1.165, 1.54) is 11.1 Å². The average Bonchev–Trinajstić information content (AvgIpc) is 3.16.